The fraction of sp³-hybridized carbons (Fsp3) is 0.818. The van der Waals surface area contributed by atoms with Crippen molar-refractivity contribution in [2.75, 3.05) is 0 Å². The molecule has 0 amide bonds. The Bertz CT molecular complexity index is 331. The van der Waals surface area contributed by atoms with Crippen LogP contribution in [-0.2, 0) is 4.74 Å². The minimum Gasteiger partial charge on any atom is -0.383 e. The minimum atomic E-state index is -1.07. The van der Waals surface area contributed by atoms with Crippen molar-refractivity contribution in [3.63, 3.8) is 0 Å². The summed E-state index contributed by atoms with van der Waals surface area (Å²) in [6.45, 7) is 9.03. The Hall–Kier alpha value is -0.380. The number of fused-ring (bicyclic) bond motifs is 1. The first-order valence-electron chi connectivity index (χ1n) is 5.00. The SMILES string of the molecule is CC1=C(C)[C@]2(O)[C@@H](C)O[C@]2(C)[C@@]1(C)O. The number of hydrogen-bond acceptors (Lipinski definition) is 3. The van der Waals surface area contributed by atoms with E-state index in [1.165, 1.54) is 0 Å². The molecule has 0 aromatic heterocycles. The lowest BCUT2D eigenvalue weighted by molar-refractivity contribution is -0.353. The van der Waals surface area contributed by atoms with Crippen LogP contribution in [0, 0.1) is 0 Å². The van der Waals surface area contributed by atoms with Crippen LogP contribution < -0.4 is 0 Å². The molecule has 1 aliphatic carbocycles. The van der Waals surface area contributed by atoms with E-state index in [0.29, 0.717) is 0 Å². The fourth-order valence-corrected chi connectivity index (χ4v) is 3.02. The van der Waals surface area contributed by atoms with E-state index < -0.39 is 16.8 Å². The highest BCUT2D eigenvalue weighted by molar-refractivity contribution is 5.48. The molecule has 1 fully saturated rings. The molecule has 0 bridgehead atoms. The van der Waals surface area contributed by atoms with Gasteiger partial charge in [-0.1, -0.05) is 0 Å². The molecule has 0 aromatic rings. The molecule has 3 nitrogen and oxygen atoms in total. The van der Waals surface area contributed by atoms with Crippen LogP contribution >= 0.6 is 0 Å². The molecule has 1 heterocycles. The van der Waals surface area contributed by atoms with Crippen LogP contribution in [0.3, 0.4) is 0 Å². The van der Waals surface area contributed by atoms with Gasteiger partial charge in [-0.2, -0.15) is 0 Å². The molecule has 0 unspecified atom stereocenters. The number of rotatable bonds is 0. The number of ether oxygens (including phenoxy) is 1. The molecular weight excluding hydrogens is 180 g/mol. The summed E-state index contributed by atoms with van der Waals surface area (Å²) in [5.74, 6) is 0. The van der Waals surface area contributed by atoms with Gasteiger partial charge in [0.1, 0.15) is 16.8 Å². The van der Waals surface area contributed by atoms with Crippen LogP contribution in [0.1, 0.15) is 34.6 Å². The Morgan fingerprint density at radius 1 is 1.14 bits per heavy atom. The van der Waals surface area contributed by atoms with Gasteiger partial charge >= 0.3 is 0 Å². The topological polar surface area (TPSA) is 49.7 Å². The average molecular weight is 198 g/mol. The van der Waals surface area contributed by atoms with Crippen LogP contribution in [-0.4, -0.2) is 33.1 Å². The highest BCUT2D eigenvalue weighted by Crippen LogP contribution is 2.60. The first-order valence-corrected chi connectivity index (χ1v) is 5.00. The summed E-state index contributed by atoms with van der Waals surface area (Å²) >= 11 is 0. The van der Waals surface area contributed by atoms with Crippen molar-refractivity contribution >= 4 is 0 Å². The first kappa shape index (κ1) is 10.1. The summed E-state index contributed by atoms with van der Waals surface area (Å²) in [5, 5.41) is 20.8. The molecule has 0 spiro atoms. The van der Waals surface area contributed by atoms with E-state index in [4.69, 9.17) is 4.74 Å². The fourth-order valence-electron chi connectivity index (χ4n) is 3.02. The molecule has 3 heteroatoms. The van der Waals surface area contributed by atoms with Crippen LogP contribution in [0.5, 0.6) is 0 Å². The second-order valence-electron chi connectivity index (χ2n) is 4.88. The predicted molar refractivity (Wildman–Crippen MR) is 52.9 cm³/mol. The molecule has 2 N–H and O–H groups in total. The second kappa shape index (κ2) is 2.23. The maximum Gasteiger partial charge on any atom is 0.143 e. The summed E-state index contributed by atoms with van der Waals surface area (Å²) in [7, 11) is 0. The molecule has 80 valence electrons. The first-order chi connectivity index (χ1) is 6.19. The normalized spacial score (nSPS) is 57.2. The summed E-state index contributed by atoms with van der Waals surface area (Å²) in [6.07, 6.45) is -0.239. The van der Waals surface area contributed by atoms with E-state index in [-0.39, 0.29) is 6.10 Å². The molecule has 14 heavy (non-hydrogen) atoms. The lowest BCUT2D eigenvalue weighted by Crippen LogP contribution is -2.76. The van der Waals surface area contributed by atoms with Crippen molar-refractivity contribution in [3.05, 3.63) is 11.1 Å². The summed E-state index contributed by atoms with van der Waals surface area (Å²) in [4.78, 5) is 0. The monoisotopic (exact) mass is 198 g/mol. The van der Waals surface area contributed by atoms with Gasteiger partial charge in [0, 0.05) is 0 Å². The lowest BCUT2D eigenvalue weighted by atomic mass is 9.68. The highest BCUT2D eigenvalue weighted by atomic mass is 16.6. The molecule has 0 saturated carbocycles. The van der Waals surface area contributed by atoms with Gasteiger partial charge in [-0.3, -0.25) is 0 Å². The van der Waals surface area contributed by atoms with Crippen molar-refractivity contribution in [3.8, 4) is 0 Å². The van der Waals surface area contributed by atoms with E-state index in [1.807, 2.05) is 20.8 Å². The Morgan fingerprint density at radius 3 is 1.93 bits per heavy atom. The van der Waals surface area contributed by atoms with Crippen molar-refractivity contribution in [1.29, 1.82) is 0 Å². The van der Waals surface area contributed by atoms with Gasteiger partial charge in [0.15, 0.2) is 0 Å². The van der Waals surface area contributed by atoms with Gasteiger partial charge in [0.2, 0.25) is 0 Å². The van der Waals surface area contributed by atoms with Crippen LogP contribution in [0.25, 0.3) is 0 Å². The summed E-state index contributed by atoms with van der Waals surface area (Å²) in [6, 6.07) is 0. The van der Waals surface area contributed by atoms with E-state index in [9.17, 15) is 10.2 Å². The third-order valence-electron chi connectivity index (χ3n) is 4.52. The standard InChI is InChI=1S/C11H18O3/c1-6-7(2)11(13)8(3)14-10(11,5)9(6,4)12/h8,12-13H,1-5H3/t8-,9+,10-,11+/m1/s1. The molecule has 1 aliphatic heterocycles. The third-order valence-corrected chi connectivity index (χ3v) is 4.52. The van der Waals surface area contributed by atoms with E-state index in [1.54, 1.807) is 13.8 Å². The Labute approximate surface area is 84.4 Å². The largest absolute Gasteiger partial charge is 0.383 e. The maximum absolute atomic E-state index is 10.5. The van der Waals surface area contributed by atoms with Crippen molar-refractivity contribution in [2.24, 2.45) is 0 Å². The molecule has 2 rings (SSSR count). The van der Waals surface area contributed by atoms with Gasteiger partial charge < -0.3 is 14.9 Å². The van der Waals surface area contributed by atoms with E-state index >= 15 is 0 Å². The Balaban J connectivity index is 2.60. The third kappa shape index (κ3) is 0.658. The van der Waals surface area contributed by atoms with Crippen LogP contribution in [0.2, 0.25) is 0 Å². The van der Waals surface area contributed by atoms with Crippen molar-refractivity contribution < 1.29 is 14.9 Å². The lowest BCUT2D eigenvalue weighted by Gasteiger charge is -2.59. The number of hydrogen-bond donors (Lipinski definition) is 2. The Kier molecular flexibility index (Phi) is 1.62. The van der Waals surface area contributed by atoms with Gasteiger partial charge in [0.25, 0.3) is 0 Å². The predicted octanol–water partition coefficient (Wildman–Crippen LogP) is 0.996. The van der Waals surface area contributed by atoms with E-state index in [2.05, 4.69) is 0 Å². The summed E-state index contributed by atoms with van der Waals surface area (Å²) in [5.41, 5.74) is -1.28. The molecule has 0 radical (unpaired) electrons. The Morgan fingerprint density at radius 2 is 1.64 bits per heavy atom. The molecule has 1 saturated heterocycles. The highest BCUT2D eigenvalue weighted by Gasteiger charge is 2.75. The minimum absolute atomic E-state index is 0.239. The summed E-state index contributed by atoms with van der Waals surface area (Å²) < 4.78 is 5.57. The molecule has 2 aliphatic rings. The van der Waals surface area contributed by atoms with Crippen LogP contribution in [0.4, 0.5) is 0 Å². The van der Waals surface area contributed by atoms with Crippen molar-refractivity contribution in [2.45, 2.75) is 57.5 Å². The van der Waals surface area contributed by atoms with E-state index in [0.717, 1.165) is 11.1 Å². The van der Waals surface area contributed by atoms with Crippen molar-refractivity contribution in [1.82, 2.24) is 0 Å². The van der Waals surface area contributed by atoms with Gasteiger partial charge in [-0.15, -0.1) is 0 Å². The van der Waals surface area contributed by atoms with Gasteiger partial charge in [-0.05, 0) is 45.8 Å². The molecular formula is C11H18O3. The average Bonchev–Trinajstić information content (AvgIpc) is 2.18. The molecule has 4 atom stereocenters. The van der Waals surface area contributed by atoms with Gasteiger partial charge in [0.05, 0.1) is 6.10 Å². The second-order valence-corrected chi connectivity index (χ2v) is 4.88. The van der Waals surface area contributed by atoms with Crippen LogP contribution in [0.15, 0.2) is 11.1 Å². The zero-order valence-electron chi connectivity index (χ0n) is 9.38. The smallest absolute Gasteiger partial charge is 0.143 e. The zero-order chi connectivity index (χ0) is 10.9. The van der Waals surface area contributed by atoms with Gasteiger partial charge in [-0.25, -0.2) is 0 Å². The quantitative estimate of drug-likeness (QED) is 0.571. The zero-order valence-corrected chi connectivity index (χ0v) is 9.38. The maximum atomic E-state index is 10.5. The number of aliphatic hydroxyl groups is 2. The molecule has 0 aromatic carbocycles.